The third kappa shape index (κ3) is 2.73. The Morgan fingerprint density at radius 1 is 0.842 bits per heavy atom. The van der Waals surface area contributed by atoms with Crippen LogP contribution in [0.4, 0.5) is 39.5 Å². The van der Waals surface area contributed by atoms with Gasteiger partial charge in [-0.15, -0.1) is 0 Å². The number of aryl methyl sites for hydroxylation is 1. The maximum Gasteiger partial charge on any atom is 0.459 e. The lowest BCUT2D eigenvalue weighted by Gasteiger charge is -2.22. The van der Waals surface area contributed by atoms with Crippen LogP contribution in [0.15, 0.2) is 0 Å². The number of hydrogen-bond acceptors (Lipinski definition) is 2. The van der Waals surface area contributed by atoms with Crippen molar-refractivity contribution >= 4 is 0 Å². The molecule has 11 heteroatoms. The molecule has 0 amide bonds. The standard InChI is InChI=1S/C8H3F9N2/c1-2-18-4(6(10,11)8(15,16)17)3(5(9)19-2)7(12,13)14/h1H3. The van der Waals surface area contributed by atoms with Crippen molar-refractivity contribution in [2.75, 3.05) is 0 Å². The summed E-state index contributed by atoms with van der Waals surface area (Å²) in [5, 5.41) is 0. The molecule has 0 N–H and O–H groups in total. The molecule has 1 aromatic rings. The van der Waals surface area contributed by atoms with Crippen LogP contribution < -0.4 is 0 Å². The highest BCUT2D eigenvalue weighted by Crippen LogP contribution is 2.47. The molecule has 0 aliphatic carbocycles. The zero-order valence-electron chi connectivity index (χ0n) is 8.80. The smallest absolute Gasteiger partial charge is 0.231 e. The summed E-state index contributed by atoms with van der Waals surface area (Å²) in [5.41, 5.74) is -5.59. The van der Waals surface area contributed by atoms with E-state index in [1.807, 2.05) is 0 Å². The van der Waals surface area contributed by atoms with E-state index in [0.717, 1.165) is 0 Å². The molecule has 1 heterocycles. The van der Waals surface area contributed by atoms with Gasteiger partial charge in [0.2, 0.25) is 5.95 Å². The molecule has 108 valence electrons. The van der Waals surface area contributed by atoms with Crippen molar-refractivity contribution in [2.45, 2.75) is 25.2 Å². The van der Waals surface area contributed by atoms with E-state index >= 15 is 0 Å². The number of halogens is 9. The molecule has 0 bridgehead atoms. The van der Waals surface area contributed by atoms with Crippen LogP contribution >= 0.6 is 0 Å². The highest BCUT2D eigenvalue weighted by Gasteiger charge is 2.63. The van der Waals surface area contributed by atoms with Gasteiger partial charge in [-0.2, -0.15) is 39.5 Å². The average Bonchev–Trinajstić information content (AvgIpc) is 2.11. The second kappa shape index (κ2) is 4.23. The van der Waals surface area contributed by atoms with Gasteiger partial charge in [-0.25, -0.2) is 9.97 Å². The van der Waals surface area contributed by atoms with E-state index < -0.39 is 41.3 Å². The van der Waals surface area contributed by atoms with E-state index in [0.29, 0.717) is 6.92 Å². The summed E-state index contributed by atoms with van der Waals surface area (Å²) >= 11 is 0. The van der Waals surface area contributed by atoms with E-state index in [2.05, 4.69) is 9.97 Å². The molecule has 0 aliphatic rings. The van der Waals surface area contributed by atoms with Crippen LogP contribution in [-0.4, -0.2) is 16.1 Å². The molecule has 0 aromatic carbocycles. The largest absolute Gasteiger partial charge is 0.459 e. The number of nitrogens with zero attached hydrogens (tertiary/aromatic N) is 2. The summed E-state index contributed by atoms with van der Waals surface area (Å²) in [6, 6.07) is 0. The molecule has 0 saturated carbocycles. The van der Waals surface area contributed by atoms with Crippen molar-refractivity contribution in [3.8, 4) is 0 Å². The highest BCUT2D eigenvalue weighted by atomic mass is 19.4. The molecular weight excluding hydrogens is 295 g/mol. The molecule has 0 saturated heterocycles. The van der Waals surface area contributed by atoms with Gasteiger partial charge in [0.25, 0.3) is 0 Å². The Bertz CT molecular complexity index is 488. The average molecular weight is 298 g/mol. The van der Waals surface area contributed by atoms with Gasteiger partial charge in [0, 0.05) is 0 Å². The third-order valence-corrected chi connectivity index (χ3v) is 1.91. The zero-order chi connectivity index (χ0) is 15.2. The summed E-state index contributed by atoms with van der Waals surface area (Å²) in [4.78, 5) is 4.90. The summed E-state index contributed by atoms with van der Waals surface area (Å²) in [7, 11) is 0. The zero-order valence-corrected chi connectivity index (χ0v) is 8.80. The van der Waals surface area contributed by atoms with Gasteiger partial charge in [-0.05, 0) is 6.92 Å². The Labute approximate surface area is 98.8 Å². The minimum Gasteiger partial charge on any atom is -0.231 e. The summed E-state index contributed by atoms with van der Waals surface area (Å²) in [6.45, 7) is 0.680. The van der Waals surface area contributed by atoms with Crippen molar-refractivity contribution in [2.24, 2.45) is 0 Å². The second-order valence-electron chi connectivity index (χ2n) is 3.36. The molecule has 0 aliphatic heterocycles. The van der Waals surface area contributed by atoms with Crippen molar-refractivity contribution in [3.63, 3.8) is 0 Å². The molecule has 0 spiro atoms. The third-order valence-electron chi connectivity index (χ3n) is 1.91. The second-order valence-corrected chi connectivity index (χ2v) is 3.36. The molecule has 1 aromatic heterocycles. The summed E-state index contributed by atoms with van der Waals surface area (Å²) < 4.78 is 112. The lowest BCUT2D eigenvalue weighted by Crippen LogP contribution is -2.37. The van der Waals surface area contributed by atoms with Crippen molar-refractivity contribution < 1.29 is 39.5 Å². The van der Waals surface area contributed by atoms with E-state index in [1.165, 1.54) is 0 Å². The number of rotatable bonds is 1. The lowest BCUT2D eigenvalue weighted by molar-refractivity contribution is -0.293. The van der Waals surface area contributed by atoms with Crippen molar-refractivity contribution in [1.82, 2.24) is 9.97 Å². The maximum atomic E-state index is 13.0. The van der Waals surface area contributed by atoms with Gasteiger partial charge in [-0.1, -0.05) is 0 Å². The minimum atomic E-state index is -6.35. The first-order valence-electron chi connectivity index (χ1n) is 4.35. The van der Waals surface area contributed by atoms with Crippen LogP contribution in [-0.2, 0) is 12.1 Å². The fraction of sp³-hybridized carbons (Fsp3) is 0.500. The first kappa shape index (κ1) is 15.5. The van der Waals surface area contributed by atoms with Gasteiger partial charge in [0.1, 0.15) is 17.1 Å². The SMILES string of the molecule is Cc1nc(F)c(C(F)(F)F)c(C(F)(F)C(F)(F)F)n1. The lowest BCUT2D eigenvalue weighted by atomic mass is 10.1. The quantitative estimate of drug-likeness (QED) is 0.585. The van der Waals surface area contributed by atoms with Gasteiger partial charge < -0.3 is 0 Å². The van der Waals surface area contributed by atoms with Crippen LogP contribution in [0.2, 0.25) is 0 Å². The van der Waals surface area contributed by atoms with Crippen molar-refractivity contribution in [3.05, 3.63) is 23.0 Å². The van der Waals surface area contributed by atoms with Crippen LogP contribution in [0.25, 0.3) is 0 Å². The fourth-order valence-corrected chi connectivity index (χ4v) is 1.15. The molecule has 0 fully saturated rings. The Morgan fingerprint density at radius 3 is 1.68 bits per heavy atom. The highest BCUT2D eigenvalue weighted by molar-refractivity contribution is 5.27. The molecule has 0 unspecified atom stereocenters. The van der Waals surface area contributed by atoms with Crippen LogP contribution in [0.5, 0.6) is 0 Å². The van der Waals surface area contributed by atoms with Crippen LogP contribution in [0, 0.1) is 12.9 Å². The first-order valence-corrected chi connectivity index (χ1v) is 4.35. The minimum absolute atomic E-state index is 0.680. The first-order chi connectivity index (χ1) is 8.28. The van der Waals surface area contributed by atoms with E-state index in [1.54, 1.807) is 0 Å². The topological polar surface area (TPSA) is 25.8 Å². The van der Waals surface area contributed by atoms with Gasteiger partial charge >= 0.3 is 18.3 Å². The van der Waals surface area contributed by atoms with Crippen LogP contribution in [0.1, 0.15) is 17.1 Å². The predicted octanol–water partition coefficient (Wildman–Crippen LogP) is 3.60. The molecule has 0 radical (unpaired) electrons. The monoisotopic (exact) mass is 298 g/mol. The maximum absolute atomic E-state index is 13.0. The Hall–Kier alpha value is -1.55. The summed E-state index contributed by atoms with van der Waals surface area (Å²) in [5.74, 6) is -9.42. The Morgan fingerprint density at radius 2 is 1.32 bits per heavy atom. The molecule has 19 heavy (non-hydrogen) atoms. The number of aromatic nitrogens is 2. The Kier molecular flexibility index (Phi) is 3.46. The van der Waals surface area contributed by atoms with E-state index in [4.69, 9.17) is 0 Å². The van der Waals surface area contributed by atoms with Gasteiger partial charge in [-0.3, -0.25) is 0 Å². The van der Waals surface area contributed by atoms with Gasteiger partial charge in [0.15, 0.2) is 0 Å². The normalized spacial score (nSPS) is 13.8. The fourth-order valence-electron chi connectivity index (χ4n) is 1.15. The van der Waals surface area contributed by atoms with Crippen LogP contribution in [0.3, 0.4) is 0 Å². The Balaban J connectivity index is 3.69. The van der Waals surface area contributed by atoms with E-state index in [-0.39, 0.29) is 0 Å². The number of hydrogen-bond donors (Lipinski definition) is 0. The molecule has 1 rings (SSSR count). The van der Waals surface area contributed by atoms with Crippen molar-refractivity contribution in [1.29, 1.82) is 0 Å². The van der Waals surface area contributed by atoms with E-state index in [9.17, 15) is 39.5 Å². The molecule has 0 atom stereocenters. The number of alkyl halides is 8. The predicted molar refractivity (Wildman–Crippen MR) is 41.7 cm³/mol. The van der Waals surface area contributed by atoms with Gasteiger partial charge in [0.05, 0.1) is 0 Å². The molecular formula is C8H3F9N2. The molecule has 2 nitrogen and oxygen atoms in total. The summed E-state index contributed by atoms with van der Waals surface area (Å²) in [6.07, 6.45) is -12.1.